The largest absolute Gasteiger partial charge is 0.335 e. The van der Waals surface area contributed by atoms with Crippen molar-refractivity contribution >= 4 is 41.4 Å². The van der Waals surface area contributed by atoms with Crippen molar-refractivity contribution in [3.63, 3.8) is 0 Å². The Hall–Kier alpha value is -0.230. The molecule has 1 saturated heterocycles. The Balaban J connectivity index is 0.00000192. The van der Waals surface area contributed by atoms with Crippen LogP contribution in [0.3, 0.4) is 0 Å². The highest BCUT2D eigenvalue weighted by molar-refractivity contribution is 7.98. The summed E-state index contributed by atoms with van der Waals surface area (Å²) in [5, 5.41) is 7.74. The first-order valence-corrected chi connectivity index (χ1v) is 10.6. The number of nitrogens with one attached hydrogen (secondary N) is 1. The number of thiophene rings is 1. The smallest absolute Gasteiger partial charge is 0.223 e. The predicted molar refractivity (Wildman–Crippen MR) is 103 cm³/mol. The van der Waals surface area contributed by atoms with E-state index in [1.807, 2.05) is 11.8 Å². The molecule has 0 bridgehead atoms. The summed E-state index contributed by atoms with van der Waals surface area (Å²) in [6, 6.07) is 2.64. The molecule has 1 atom stereocenters. The van der Waals surface area contributed by atoms with Gasteiger partial charge < -0.3 is 10.2 Å². The third-order valence-corrected chi connectivity index (χ3v) is 6.54. The van der Waals surface area contributed by atoms with Crippen LogP contribution >= 0.6 is 35.5 Å². The zero-order valence-corrected chi connectivity index (χ0v) is 16.2. The maximum atomic E-state index is 12.8. The zero-order chi connectivity index (χ0) is 15.4. The highest BCUT2D eigenvalue weighted by atomic mass is 35.5. The lowest BCUT2D eigenvalue weighted by molar-refractivity contribution is -0.133. The van der Waals surface area contributed by atoms with E-state index in [9.17, 15) is 4.79 Å². The van der Waals surface area contributed by atoms with E-state index in [-0.39, 0.29) is 12.4 Å². The summed E-state index contributed by atoms with van der Waals surface area (Å²) in [6.07, 6.45) is 7.49. The van der Waals surface area contributed by atoms with E-state index < -0.39 is 0 Å². The van der Waals surface area contributed by atoms with Crippen LogP contribution in [0.15, 0.2) is 16.8 Å². The molecule has 1 N–H and O–H groups in total. The van der Waals surface area contributed by atoms with Crippen LogP contribution in [-0.2, 0) is 11.3 Å². The fourth-order valence-corrected chi connectivity index (χ4v) is 4.78. The summed E-state index contributed by atoms with van der Waals surface area (Å²) in [5.41, 5.74) is 1.72. The second-order valence-electron chi connectivity index (χ2n) is 6.58. The molecule has 3 rings (SSSR count). The molecule has 1 aromatic heterocycles. The number of carbonyl (C=O) groups excluding carboxylic acids is 1. The number of rotatable bonds is 7. The van der Waals surface area contributed by atoms with Crippen LogP contribution in [0.5, 0.6) is 0 Å². The van der Waals surface area contributed by atoms with E-state index in [1.54, 1.807) is 11.3 Å². The molecule has 1 aliphatic heterocycles. The minimum atomic E-state index is 0. The Kier molecular flexibility index (Phi) is 7.26. The van der Waals surface area contributed by atoms with Gasteiger partial charge in [-0.05, 0) is 78.6 Å². The second kappa shape index (κ2) is 8.75. The fourth-order valence-electron chi connectivity index (χ4n) is 3.69. The number of carbonyl (C=O) groups is 1. The molecule has 1 spiro atoms. The van der Waals surface area contributed by atoms with Gasteiger partial charge >= 0.3 is 0 Å². The number of thioether (sulfide) groups is 1. The molecule has 2 fully saturated rings. The van der Waals surface area contributed by atoms with Gasteiger partial charge in [0.1, 0.15) is 0 Å². The Labute approximate surface area is 154 Å². The van der Waals surface area contributed by atoms with E-state index in [0.717, 1.165) is 31.8 Å². The predicted octanol–water partition coefficient (Wildman–Crippen LogP) is 3.78. The van der Waals surface area contributed by atoms with Crippen molar-refractivity contribution in [2.24, 2.45) is 5.41 Å². The highest BCUT2D eigenvalue weighted by Crippen LogP contribution is 2.56. The van der Waals surface area contributed by atoms with Crippen LogP contribution in [0.2, 0.25) is 0 Å². The van der Waals surface area contributed by atoms with Crippen molar-refractivity contribution in [1.29, 1.82) is 0 Å². The lowest BCUT2D eigenvalue weighted by Crippen LogP contribution is -2.39. The first-order chi connectivity index (χ1) is 10.7. The van der Waals surface area contributed by atoms with Gasteiger partial charge in [-0.1, -0.05) is 0 Å². The number of amides is 1. The number of hydrogen-bond acceptors (Lipinski definition) is 4. The number of hydrogen-bond donors (Lipinski definition) is 1. The Morgan fingerprint density at radius 1 is 1.48 bits per heavy atom. The van der Waals surface area contributed by atoms with Crippen LogP contribution in [0.25, 0.3) is 0 Å². The first kappa shape index (κ1) is 19.1. The molecule has 2 aliphatic rings. The van der Waals surface area contributed by atoms with Crippen molar-refractivity contribution < 1.29 is 4.79 Å². The number of nitrogens with zero attached hydrogens (tertiary/aromatic N) is 1. The van der Waals surface area contributed by atoms with Gasteiger partial charge in [-0.3, -0.25) is 4.79 Å². The molecule has 6 heteroatoms. The summed E-state index contributed by atoms with van der Waals surface area (Å²) in [7, 11) is 0. The number of piperidine rings is 1. The first-order valence-electron chi connectivity index (χ1n) is 8.25. The van der Waals surface area contributed by atoms with Gasteiger partial charge in [-0.15, -0.1) is 12.4 Å². The molecule has 3 nitrogen and oxygen atoms in total. The monoisotopic (exact) mass is 374 g/mol. The van der Waals surface area contributed by atoms with Crippen LogP contribution in [0, 0.1) is 5.41 Å². The second-order valence-corrected chi connectivity index (χ2v) is 8.35. The van der Waals surface area contributed by atoms with Gasteiger partial charge in [0.2, 0.25) is 5.91 Å². The van der Waals surface area contributed by atoms with Crippen molar-refractivity contribution in [2.45, 2.75) is 44.7 Å². The fraction of sp³-hybridized carbons (Fsp3) is 0.706. The highest BCUT2D eigenvalue weighted by Gasteiger charge is 2.57. The summed E-state index contributed by atoms with van der Waals surface area (Å²) >= 11 is 3.55. The topological polar surface area (TPSA) is 32.3 Å². The van der Waals surface area contributed by atoms with Crippen LogP contribution in [0.1, 0.15) is 37.7 Å². The van der Waals surface area contributed by atoms with Crippen molar-refractivity contribution in [2.75, 3.05) is 25.1 Å². The SMILES string of the molecule is CSCCCC(=O)N(Cc1ccsc1)C1CC12CCNCC2.Cl. The van der Waals surface area contributed by atoms with Crippen LogP contribution < -0.4 is 5.32 Å². The van der Waals surface area contributed by atoms with Crippen LogP contribution in [-0.4, -0.2) is 41.9 Å². The quantitative estimate of drug-likeness (QED) is 0.737. The van der Waals surface area contributed by atoms with Crippen molar-refractivity contribution in [3.05, 3.63) is 22.4 Å². The van der Waals surface area contributed by atoms with E-state index in [0.29, 0.717) is 23.8 Å². The van der Waals surface area contributed by atoms with E-state index in [4.69, 9.17) is 0 Å². The van der Waals surface area contributed by atoms with Crippen molar-refractivity contribution in [1.82, 2.24) is 10.2 Å². The Bertz CT molecular complexity index is 489. The average Bonchev–Trinajstić information content (AvgIpc) is 2.98. The molecule has 0 aromatic carbocycles. The molecule has 1 saturated carbocycles. The maximum absolute atomic E-state index is 12.8. The van der Waals surface area contributed by atoms with Gasteiger partial charge in [0.05, 0.1) is 0 Å². The van der Waals surface area contributed by atoms with Crippen molar-refractivity contribution in [3.8, 4) is 0 Å². The molecule has 1 aromatic rings. The molecular formula is C17H27ClN2OS2. The van der Waals surface area contributed by atoms with E-state index in [2.05, 4.69) is 33.3 Å². The lowest BCUT2D eigenvalue weighted by Gasteiger charge is -2.29. The third kappa shape index (κ3) is 4.65. The lowest BCUT2D eigenvalue weighted by atomic mass is 9.93. The van der Waals surface area contributed by atoms with Gasteiger partial charge in [0, 0.05) is 19.0 Å². The van der Waals surface area contributed by atoms with Gasteiger partial charge in [0.15, 0.2) is 0 Å². The molecule has 0 radical (unpaired) electrons. The number of halogens is 1. The summed E-state index contributed by atoms with van der Waals surface area (Å²) in [5.74, 6) is 1.44. The molecule has 130 valence electrons. The van der Waals surface area contributed by atoms with Gasteiger partial charge in [0.25, 0.3) is 0 Å². The molecular weight excluding hydrogens is 348 g/mol. The molecule has 23 heavy (non-hydrogen) atoms. The molecule has 1 amide bonds. The molecule has 1 aliphatic carbocycles. The molecule has 1 unspecified atom stereocenters. The standard InChI is InChI=1S/C17H26N2OS2.ClH/c1-21-9-2-3-16(20)19(12-14-4-10-22-13-14)15-11-17(15)5-7-18-8-6-17;/h4,10,13,15,18H,2-3,5-9,11-12H2,1H3;1H. The van der Waals surface area contributed by atoms with Gasteiger partial charge in [-0.2, -0.15) is 23.1 Å². The Morgan fingerprint density at radius 3 is 2.91 bits per heavy atom. The summed E-state index contributed by atoms with van der Waals surface area (Å²) in [4.78, 5) is 15.0. The molecule has 2 heterocycles. The van der Waals surface area contributed by atoms with E-state index >= 15 is 0 Å². The summed E-state index contributed by atoms with van der Waals surface area (Å²) < 4.78 is 0. The summed E-state index contributed by atoms with van der Waals surface area (Å²) in [6.45, 7) is 3.04. The minimum Gasteiger partial charge on any atom is -0.335 e. The zero-order valence-electron chi connectivity index (χ0n) is 13.8. The maximum Gasteiger partial charge on any atom is 0.223 e. The third-order valence-electron chi connectivity index (χ3n) is 5.11. The van der Waals surface area contributed by atoms with E-state index in [1.165, 1.54) is 24.8 Å². The van der Waals surface area contributed by atoms with Gasteiger partial charge in [-0.25, -0.2) is 0 Å². The average molecular weight is 375 g/mol. The Morgan fingerprint density at radius 2 is 2.26 bits per heavy atom. The van der Waals surface area contributed by atoms with Crippen LogP contribution in [0.4, 0.5) is 0 Å². The minimum absolute atomic E-state index is 0. The normalized spacial score (nSPS) is 21.7.